The quantitative estimate of drug-likeness (QED) is 0.810. The third-order valence-electron chi connectivity index (χ3n) is 3.81. The van der Waals surface area contributed by atoms with Crippen LogP contribution in [0.4, 0.5) is 23.7 Å². The first-order chi connectivity index (χ1) is 13.1. The molecular formula is C19H20F3N3O3. The molecule has 2 rings (SSSR count). The summed E-state index contributed by atoms with van der Waals surface area (Å²) in [6, 6.07) is 8.60. The van der Waals surface area contributed by atoms with Crippen molar-refractivity contribution >= 4 is 17.6 Å². The van der Waals surface area contributed by atoms with Crippen molar-refractivity contribution in [2.45, 2.75) is 12.7 Å². The highest BCUT2D eigenvalue weighted by atomic mass is 19.4. The van der Waals surface area contributed by atoms with Crippen LogP contribution in [0.25, 0.3) is 0 Å². The summed E-state index contributed by atoms with van der Waals surface area (Å²) in [5, 5.41) is 5.02. The molecule has 0 saturated carbocycles. The highest BCUT2D eigenvalue weighted by Crippen LogP contribution is 2.29. The Hall–Kier alpha value is -3.23. The Morgan fingerprint density at radius 3 is 2.43 bits per heavy atom. The van der Waals surface area contributed by atoms with E-state index in [0.29, 0.717) is 16.9 Å². The maximum atomic E-state index is 12.8. The Balaban J connectivity index is 2.09. The molecule has 0 bridgehead atoms. The van der Waals surface area contributed by atoms with Crippen LogP contribution in [-0.2, 0) is 12.7 Å². The van der Waals surface area contributed by atoms with Gasteiger partial charge in [0.2, 0.25) is 0 Å². The number of rotatable bonds is 5. The molecule has 0 aliphatic heterocycles. The molecule has 9 heteroatoms. The molecule has 0 spiro atoms. The van der Waals surface area contributed by atoms with Gasteiger partial charge in [-0.2, -0.15) is 13.2 Å². The number of nitrogens with one attached hydrogen (secondary N) is 2. The summed E-state index contributed by atoms with van der Waals surface area (Å²) in [6.07, 6.45) is -4.45. The molecule has 0 fully saturated rings. The molecule has 28 heavy (non-hydrogen) atoms. The van der Waals surface area contributed by atoms with Crippen LogP contribution in [0.1, 0.15) is 21.5 Å². The third-order valence-corrected chi connectivity index (χ3v) is 3.81. The fraction of sp³-hybridized carbons (Fsp3) is 0.263. The molecule has 0 radical (unpaired) electrons. The molecule has 150 valence electrons. The molecule has 2 aromatic rings. The monoisotopic (exact) mass is 395 g/mol. The number of carbonyl (C=O) groups is 2. The largest absolute Gasteiger partial charge is 0.495 e. The molecule has 0 heterocycles. The van der Waals surface area contributed by atoms with Gasteiger partial charge in [0.25, 0.3) is 5.91 Å². The fourth-order valence-corrected chi connectivity index (χ4v) is 2.40. The number of hydrogen-bond donors (Lipinski definition) is 2. The molecule has 0 aliphatic rings. The van der Waals surface area contributed by atoms with E-state index in [-0.39, 0.29) is 18.1 Å². The van der Waals surface area contributed by atoms with Crippen LogP contribution in [0.15, 0.2) is 42.5 Å². The minimum absolute atomic E-state index is 0.103. The van der Waals surface area contributed by atoms with Crippen molar-refractivity contribution in [3.05, 3.63) is 59.2 Å². The summed E-state index contributed by atoms with van der Waals surface area (Å²) in [6.45, 7) is -0.103. The summed E-state index contributed by atoms with van der Waals surface area (Å²) in [5.74, 6) is 0.0830. The third kappa shape index (κ3) is 5.38. The lowest BCUT2D eigenvalue weighted by atomic mass is 10.1. The van der Waals surface area contributed by atoms with Gasteiger partial charge in [0, 0.05) is 26.2 Å². The highest BCUT2D eigenvalue weighted by Gasteiger charge is 2.30. The number of ether oxygens (including phenoxy) is 1. The zero-order valence-corrected chi connectivity index (χ0v) is 15.6. The molecule has 0 aromatic heterocycles. The fourth-order valence-electron chi connectivity index (χ4n) is 2.40. The lowest BCUT2D eigenvalue weighted by molar-refractivity contribution is -0.137. The second-order valence-corrected chi connectivity index (χ2v) is 6.12. The smallest absolute Gasteiger partial charge is 0.416 e. The number of anilines is 1. The van der Waals surface area contributed by atoms with Gasteiger partial charge in [-0.3, -0.25) is 4.79 Å². The summed E-state index contributed by atoms with van der Waals surface area (Å²) in [5.41, 5.74) is 0.118. The predicted molar refractivity (Wildman–Crippen MR) is 98.3 cm³/mol. The van der Waals surface area contributed by atoms with E-state index in [2.05, 4.69) is 10.6 Å². The number of urea groups is 1. The molecule has 2 aromatic carbocycles. The first kappa shape index (κ1) is 21.1. The number of alkyl halides is 3. The zero-order chi connectivity index (χ0) is 20.9. The highest BCUT2D eigenvalue weighted by molar-refractivity contribution is 5.97. The van der Waals surface area contributed by atoms with Crippen molar-refractivity contribution < 1.29 is 27.5 Å². The number of hydrogen-bond acceptors (Lipinski definition) is 3. The lowest BCUT2D eigenvalue weighted by Gasteiger charge is -2.15. The average molecular weight is 395 g/mol. The van der Waals surface area contributed by atoms with Crippen LogP contribution < -0.4 is 15.4 Å². The molecule has 0 aliphatic carbocycles. The van der Waals surface area contributed by atoms with Gasteiger partial charge < -0.3 is 20.3 Å². The van der Waals surface area contributed by atoms with Crippen LogP contribution in [0.3, 0.4) is 0 Å². The first-order valence-electron chi connectivity index (χ1n) is 8.22. The summed E-state index contributed by atoms with van der Waals surface area (Å²) in [4.78, 5) is 25.6. The Kier molecular flexibility index (Phi) is 6.50. The normalized spacial score (nSPS) is 10.9. The van der Waals surface area contributed by atoms with Crippen molar-refractivity contribution in [2.24, 2.45) is 0 Å². The summed E-state index contributed by atoms with van der Waals surface area (Å²) < 4.78 is 43.4. The number of halogens is 3. The van der Waals surface area contributed by atoms with Crippen molar-refractivity contribution in [1.82, 2.24) is 10.2 Å². The van der Waals surface area contributed by atoms with Crippen molar-refractivity contribution in [2.75, 3.05) is 26.5 Å². The van der Waals surface area contributed by atoms with E-state index in [9.17, 15) is 22.8 Å². The SMILES string of the molecule is COc1ccc(C(=O)N(C)C)cc1NC(=O)NCc1cccc(C(F)(F)F)c1. The molecular weight excluding hydrogens is 375 g/mol. The van der Waals surface area contributed by atoms with Crippen molar-refractivity contribution in [3.63, 3.8) is 0 Å². The van der Waals surface area contributed by atoms with Gasteiger partial charge in [0.05, 0.1) is 18.4 Å². The minimum atomic E-state index is -4.45. The number of amides is 3. The number of benzene rings is 2. The van der Waals surface area contributed by atoms with Crippen LogP contribution in [0, 0.1) is 0 Å². The van der Waals surface area contributed by atoms with E-state index in [1.54, 1.807) is 26.2 Å². The predicted octanol–water partition coefficient (Wildman–Crippen LogP) is 3.74. The molecule has 6 nitrogen and oxygen atoms in total. The standard InChI is InChI=1S/C19H20F3N3O3/c1-25(2)17(26)13-7-8-16(28-3)15(10-13)24-18(27)23-11-12-5-4-6-14(9-12)19(20,21)22/h4-10H,11H2,1-3H3,(H2,23,24,27). The summed E-state index contributed by atoms with van der Waals surface area (Å²) in [7, 11) is 4.61. The number of carbonyl (C=O) groups excluding carboxylic acids is 2. The maximum absolute atomic E-state index is 12.8. The Labute approximate surface area is 160 Å². The van der Waals surface area contributed by atoms with Gasteiger partial charge in [-0.15, -0.1) is 0 Å². The summed E-state index contributed by atoms with van der Waals surface area (Å²) >= 11 is 0. The van der Waals surface area contributed by atoms with E-state index in [1.807, 2.05) is 0 Å². The van der Waals surface area contributed by atoms with Crippen molar-refractivity contribution in [3.8, 4) is 5.75 Å². The lowest BCUT2D eigenvalue weighted by Crippen LogP contribution is -2.29. The Morgan fingerprint density at radius 2 is 1.82 bits per heavy atom. The van der Waals surface area contributed by atoms with E-state index in [0.717, 1.165) is 12.1 Å². The van der Waals surface area contributed by atoms with Gasteiger partial charge in [0.15, 0.2) is 0 Å². The molecule has 3 amide bonds. The molecule has 0 unspecified atom stereocenters. The second kappa shape index (κ2) is 8.64. The van der Waals surface area contributed by atoms with Gasteiger partial charge in [0.1, 0.15) is 5.75 Å². The van der Waals surface area contributed by atoms with Crippen LogP contribution in [0.2, 0.25) is 0 Å². The van der Waals surface area contributed by atoms with Gasteiger partial charge in [-0.1, -0.05) is 12.1 Å². The number of nitrogens with zero attached hydrogens (tertiary/aromatic N) is 1. The number of methoxy groups -OCH3 is 1. The van der Waals surface area contributed by atoms with Crippen LogP contribution in [-0.4, -0.2) is 38.0 Å². The van der Waals surface area contributed by atoms with Crippen LogP contribution in [0.5, 0.6) is 5.75 Å². The average Bonchev–Trinajstić information content (AvgIpc) is 2.65. The van der Waals surface area contributed by atoms with Crippen LogP contribution >= 0.6 is 0 Å². The zero-order valence-electron chi connectivity index (χ0n) is 15.6. The molecule has 2 N–H and O–H groups in total. The van der Waals surface area contributed by atoms with Gasteiger partial charge in [-0.25, -0.2) is 4.79 Å². The van der Waals surface area contributed by atoms with Gasteiger partial charge in [-0.05, 0) is 35.9 Å². The first-order valence-corrected chi connectivity index (χ1v) is 8.22. The van der Waals surface area contributed by atoms with E-state index < -0.39 is 17.8 Å². The van der Waals surface area contributed by atoms with E-state index >= 15 is 0 Å². The maximum Gasteiger partial charge on any atom is 0.416 e. The second-order valence-electron chi connectivity index (χ2n) is 6.12. The van der Waals surface area contributed by atoms with Crippen molar-refractivity contribution in [1.29, 1.82) is 0 Å². The van der Waals surface area contributed by atoms with E-state index in [1.165, 1.54) is 30.2 Å². The van der Waals surface area contributed by atoms with Gasteiger partial charge >= 0.3 is 12.2 Å². The Morgan fingerprint density at radius 1 is 1.11 bits per heavy atom. The molecule has 0 saturated heterocycles. The molecule has 0 atom stereocenters. The topological polar surface area (TPSA) is 70.7 Å². The minimum Gasteiger partial charge on any atom is -0.495 e. The van der Waals surface area contributed by atoms with E-state index in [4.69, 9.17) is 4.74 Å². The Bertz CT molecular complexity index is 867.